The Labute approximate surface area is 179 Å². The number of thioether (sulfide) groups is 1. The highest BCUT2D eigenvalue weighted by Gasteiger charge is 2.29. The molecule has 154 valence electrons. The molecule has 0 aliphatic carbocycles. The van der Waals surface area contributed by atoms with Gasteiger partial charge in [0.1, 0.15) is 18.0 Å². The third-order valence-electron chi connectivity index (χ3n) is 4.76. The van der Waals surface area contributed by atoms with Gasteiger partial charge >= 0.3 is 6.09 Å². The number of amides is 1. The van der Waals surface area contributed by atoms with Gasteiger partial charge in [-0.3, -0.25) is 4.90 Å². The van der Waals surface area contributed by atoms with Crippen LogP contribution < -0.4 is 0 Å². The highest BCUT2D eigenvalue weighted by molar-refractivity contribution is 7.99. The predicted octanol–water partition coefficient (Wildman–Crippen LogP) is 4.09. The maximum atomic E-state index is 11.6. The van der Waals surface area contributed by atoms with Crippen molar-refractivity contribution in [2.24, 2.45) is 5.16 Å². The van der Waals surface area contributed by atoms with E-state index in [1.165, 1.54) is 9.80 Å². The van der Waals surface area contributed by atoms with Crippen LogP contribution in [0.1, 0.15) is 17.0 Å². The third kappa shape index (κ3) is 4.83. The van der Waals surface area contributed by atoms with Crippen LogP contribution in [0.3, 0.4) is 0 Å². The number of nitrogens with zero attached hydrogens (tertiary/aromatic N) is 4. The quantitative estimate of drug-likeness (QED) is 0.458. The van der Waals surface area contributed by atoms with Crippen molar-refractivity contribution in [3.63, 3.8) is 0 Å². The number of carboxylic acid groups (broad SMARTS) is 1. The van der Waals surface area contributed by atoms with Gasteiger partial charge in [0.05, 0.1) is 25.1 Å². The Morgan fingerprint density at radius 2 is 1.83 bits per heavy atom. The first-order valence-electron chi connectivity index (χ1n) is 9.63. The van der Waals surface area contributed by atoms with Crippen molar-refractivity contribution in [1.82, 2.24) is 14.5 Å². The highest BCUT2D eigenvalue weighted by Crippen LogP contribution is 2.22. The maximum absolute atomic E-state index is 11.6. The molecular weight excluding hydrogens is 400 g/mol. The van der Waals surface area contributed by atoms with Crippen molar-refractivity contribution in [3.05, 3.63) is 83.9 Å². The van der Waals surface area contributed by atoms with Gasteiger partial charge in [-0.05, 0) is 17.7 Å². The number of hydrogen-bond acceptors (Lipinski definition) is 5. The summed E-state index contributed by atoms with van der Waals surface area (Å²) < 4.78 is 2.01. The molecule has 7 nitrogen and oxygen atoms in total. The van der Waals surface area contributed by atoms with Gasteiger partial charge < -0.3 is 14.5 Å². The van der Waals surface area contributed by atoms with E-state index in [1.807, 2.05) is 53.1 Å². The maximum Gasteiger partial charge on any atom is 0.408 e. The van der Waals surface area contributed by atoms with Crippen molar-refractivity contribution >= 4 is 23.6 Å². The van der Waals surface area contributed by atoms with Gasteiger partial charge in [-0.2, -0.15) is 0 Å². The second-order valence-electron chi connectivity index (χ2n) is 6.83. The molecule has 0 unspecified atom stereocenters. The summed E-state index contributed by atoms with van der Waals surface area (Å²) in [6.07, 6.45) is 0.775. The van der Waals surface area contributed by atoms with E-state index in [0.29, 0.717) is 24.6 Å². The van der Waals surface area contributed by atoms with E-state index in [0.717, 1.165) is 23.6 Å². The number of carbonyl (C=O) groups is 1. The van der Waals surface area contributed by atoms with E-state index in [2.05, 4.69) is 22.3 Å². The Morgan fingerprint density at radius 3 is 2.57 bits per heavy atom. The number of hydrogen-bond donors (Lipinski definition) is 1. The number of aromatic nitrogens is 2. The third-order valence-corrected chi connectivity index (χ3v) is 5.76. The van der Waals surface area contributed by atoms with Crippen LogP contribution >= 0.6 is 11.8 Å². The zero-order chi connectivity index (χ0) is 20.8. The summed E-state index contributed by atoms with van der Waals surface area (Å²) in [5.74, 6) is 0.858. The van der Waals surface area contributed by atoms with Crippen molar-refractivity contribution in [3.8, 4) is 0 Å². The summed E-state index contributed by atoms with van der Waals surface area (Å²) in [5.41, 5.74) is 3.09. The van der Waals surface area contributed by atoms with Crippen molar-refractivity contribution in [2.75, 3.05) is 12.3 Å². The Balaban J connectivity index is 1.47. The Morgan fingerprint density at radius 1 is 1.10 bits per heavy atom. The lowest BCUT2D eigenvalue weighted by atomic mass is 10.1. The molecule has 0 radical (unpaired) electrons. The Hall–Kier alpha value is -3.26. The number of imidazole rings is 1. The normalized spacial score (nSPS) is 14.5. The fraction of sp³-hybridized carbons (Fsp3) is 0.227. The molecule has 0 saturated heterocycles. The smallest absolute Gasteiger partial charge is 0.408 e. The van der Waals surface area contributed by atoms with Crippen LogP contribution in [-0.4, -0.2) is 43.7 Å². The van der Waals surface area contributed by atoms with Crippen LogP contribution in [0.4, 0.5) is 4.79 Å². The van der Waals surface area contributed by atoms with E-state index in [9.17, 15) is 9.90 Å². The number of benzene rings is 2. The average Bonchev–Trinajstić information content (AvgIpc) is 3.18. The number of rotatable bonds is 7. The molecule has 1 aliphatic rings. The van der Waals surface area contributed by atoms with Gasteiger partial charge in [-0.25, -0.2) is 9.78 Å². The fourth-order valence-corrected chi connectivity index (χ4v) is 4.12. The van der Waals surface area contributed by atoms with Crippen LogP contribution in [0.15, 0.2) is 77.0 Å². The minimum Gasteiger partial charge on any atom is -0.465 e. The van der Waals surface area contributed by atoms with E-state index >= 15 is 0 Å². The Kier molecular flexibility index (Phi) is 6.34. The first-order valence-corrected chi connectivity index (χ1v) is 10.6. The molecule has 1 aromatic heterocycles. The molecule has 0 bridgehead atoms. The van der Waals surface area contributed by atoms with Crippen LogP contribution in [-0.2, 0) is 24.5 Å². The van der Waals surface area contributed by atoms with Gasteiger partial charge in [-0.1, -0.05) is 53.7 Å². The standard InChI is InChI=1S/C22H22N4O3S/c27-22(28)26-13-19(24-29-15-17-7-3-1-4-8-17)21-20(14-26)25(16-23-21)11-12-30-18-9-5-2-6-10-18/h1-10,16H,11-15H2,(H,27,28). The van der Waals surface area contributed by atoms with Crippen molar-refractivity contribution in [2.45, 2.75) is 24.6 Å². The monoisotopic (exact) mass is 422 g/mol. The molecule has 4 rings (SSSR count). The molecular formula is C22H22N4O3S. The summed E-state index contributed by atoms with van der Waals surface area (Å²) >= 11 is 1.76. The van der Waals surface area contributed by atoms with E-state index in [-0.39, 0.29) is 6.54 Å². The molecule has 1 N–H and O–H groups in total. The number of fused-ring (bicyclic) bond motifs is 1. The minimum absolute atomic E-state index is 0.160. The van der Waals surface area contributed by atoms with Crippen molar-refractivity contribution < 1.29 is 14.7 Å². The van der Waals surface area contributed by atoms with Crippen LogP contribution in [0.5, 0.6) is 0 Å². The van der Waals surface area contributed by atoms with Gasteiger partial charge in [0.25, 0.3) is 0 Å². The highest BCUT2D eigenvalue weighted by atomic mass is 32.2. The van der Waals surface area contributed by atoms with E-state index in [4.69, 9.17) is 4.84 Å². The van der Waals surface area contributed by atoms with E-state index in [1.54, 1.807) is 18.1 Å². The number of oxime groups is 1. The first kappa shape index (κ1) is 20.0. The molecule has 8 heteroatoms. The lowest BCUT2D eigenvalue weighted by molar-refractivity contribution is 0.125. The zero-order valence-corrected chi connectivity index (χ0v) is 17.2. The molecule has 0 fully saturated rings. The minimum atomic E-state index is -0.984. The predicted molar refractivity (Wildman–Crippen MR) is 116 cm³/mol. The zero-order valence-electron chi connectivity index (χ0n) is 16.3. The summed E-state index contributed by atoms with van der Waals surface area (Å²) in [4.78, 5) is 24.2. The second kappa shape index (κ2) is 9.49. The molecule has 2 heterocycles. The second-order valence-corrected chi connectivity index (χ2v) is 8.00. The van der Waals surface area contributed by atoms with Crippen LogP contribution in [0.25, 0.3) is 0 Å². The lowest BCUT2D eigenvalue weighted by Crippen LogP contribution is -2.40. The molecule has 1 amide bonds. The molecule has 3 aromatic rings. The fourth-order valence-electron chi connectivity index (χ4n) is 3.24. The Bertz CT molecular complexity index is 1020. The van der Waals surface area contributed by atoms with Crippen LogP contribution in [0, 0.1) is 0 Å². The summed E-state index contributed by atoms with van der Waals surface area (Å²) in [6.45, 7) is 1.50. The summed E-state index contributed by atoms with van der Waals surface area (Å²) in [5, 5.41) is 13.8. The molecule has 2 aromatic carbocycles. The van der Waals surface area contributed by atoms with Gasteiger partial charge in [-0.15, -0.1) is 11.8 Å². The van der Waals surface area contributed by atoms with Gasteiger partial charge in [0, 0.05) is 17.2 Å². The molecule has 0 atom stereocenters. The summed E-state index contributed by atoms with van der Waals surface area (Å²) in [6, 6.07) is 19.9. The van der Waals surface area contributed by atoms with Crippen molar-refractivity contribution in [1.29, 1.82) is 0 Å². The SMILES string of the molecule is O=C(O)N1CC(=NOCc2ccccc2)c2ncn(CCSc3ccccc3)c2C1. The molecule has 0 saturated carbocycles. The van der Waals surface area contributed by atoms with Crippen LogP contribution in [0.2, 0.25) is 0 Å². The van der Waals surface area contributed by atoms with Gasteiger partial charge in [0.2, 0.25) is 0 Å². The first-order chi connectivity index (χ1) is 14.7. The molecule has 1 aliphatic heterocycles. The largest absolute Gasteiger partial charge is 0.465 e. The van der Waals surface area contributed by atoms with E-state index < -0.39 is 6.09 Å². The van der Waals surface area contributed by atoms with Gasteiger partial charge in [0.15, 0.2) is 0 Å². The lowest BCUT2D eigenvalue weighted by Gasteiger charge is -2.25. The topological polar surface area (TPSA) is 79.9 Å². The molecule has 0 spiro atoms. The number of aryl methyl sites for hydroxylation is 1. The average molecular weight is 423 g/mol. The summed E-state index contributed by atoms with van der Waals surface area (Å²) in [7, 11) is 0. The molecule has 30 heavy (non-hydrogen) atoms.